The van der Waals surface area contributed by atoms with E-state index in [2.05, 4.69) is 5.32 Å². The van der Waals surface area contributed by atoms with Crippen LogP contribution in [0, 0.1) is 6.92 Å². The van der Waals surface area contributed by atoms with Crippen molar-refractivity contribution in [2.24, 2.45) is 0 Å². The molecule has 38 heavy (non-hydrogen) atoms. The van der Waals surface area contributed by atoms with Crippen molar-refractivity contribution in [3.8, 4) is 0 Å². The number of aryl methyl sites for hydroxylation is 1. The Morgan fingerprint density at radius 2 is 1.58 bits per heavy atom. The second-order valence-corrected chi connectivity index (χ2v) is 11.7. The Kier molecular flexibility index (Phi) is 10.2. The van der Waals surface area contributed by atoms with Crippen molar-refractivity contribution in [1.29, 1.82) is 0 Å². The van der Waals surface area contributed by atoms with Crippen molar-refractivity contribution in [2.75, 3.05) is 23.7 Å². The quantitative estimate of drug-likeness (QED) is 0.354. The Hall–Kier alpha value is -3.07. The summed E-state index contributed by atoms with van der Waals surface area (Å²) in [6.45, 7) is 3.46. The smallest absolute Gasteiger partial charge is 0.244 e. The molecule has 1 atom stereocenters. The van der Waals surface area contributed by atoms with Crippen LogP contribution >= 0.6 is 23.2 Å². The molecule has 0 heterocycles. The van der Waals surface area contributed by atoms with Crippen LogP contribution in [0.1, 0.15) is 23.6 Å². The first-order valence-electron chi connectivity index (χ1n) is 12.1. The number of likely N-dealkylation sites (N-methyl/N-ethyl adjacent to an activating group) is 1. The molecule has 0 aliphatic heterocycles. The van der Waals surface area contributed by atoms with Crippen LogP contribution in [-0.2, 0) is 32.6 Å². The number of nitrogens with one attached hydrogen (secondary N) is 1. The van der Waals surface area contributed by atoms with Gasteiger partial charge >= 0.3 is 0 Å². The summed E-state index contributed by atoms with van der Waals surface area (Å²) in [5.41, 5.74) is 2.50. The molecule has 202 valence electrons. The van der Waals surface area contributed by atoms with Crippen molar-refractivity contribution in [3.05, 3.63) is 99.5 Å². The highest BCUT2D eigenvalue weighted by molar-refractivity contribution is 7.92. The lowest BCUT2D eigenvalue weighted by molar-refractivity contribution is -0.140. The van der Waals surface area contributed by atoms with Gasteiger partial charge in [0.25, 0.3) is 0 Å². The van der Waals surface area contributed by atoms with Crippen LogP contribution in [0.5, 0.6) is 0 Å². The number of hydrogen-bond donors (Lipinski definition) is 1. The predicted octanol–water partition coefficient (Wildman–Crippen LogP) is 4.84. The van der Waals surface area contributed by atoms with Gasteiger partial charge in [0.05, 0.1) is 11.9 Å². The maximum Gasteiger partial charge on any atom is 0.244 e. The number of anilines is 1. The summed E-state index contributed by atoms with van der Waals surface area (Å²) in [4.78, 5) is 28.7. The van der Waals surface area contributed by atoms with Gasteiger partial charge in [-0.2, -0.15) is 0 Å². The Morgan fingerprint density at radius 1 is 0.921 bits per heavy atom. The van der Waals surface area contributed by atoms with Gasteiger partial charge in [-0.05, 0) is 54.8 Å². The molecule has 0 saturated heterocycles. The van der Waals surface area contributed by atoms with E-state index in [1.807, 2.05) is 30.3 Å². The lowest BCUT2D eigenvalue weighted by Crippen LogP contribution is -2.53. The minimum Gasteiger partial charge on any atom is -0.355 e. The molecule has 0 saturated carbocycles. The normalized spacial score (nSPS) is 12.0. The zero-order chi connectivity index (χ0) is 27.9. The second-order valence-electron chi connectivity index (χ2n) is 8.95. The first-order chi connectivity index (χ1) is 18.0. The SMILES string of the molecule is CCNC(=O)[C@@H](Cc1ccccc1)N(Cc1cccc(Cl)c1)C(=O)CN(c1cc(Cl)ccc1C)S(C)(=O)=O. The highest BCUT2D eigenvalue weighted by Gasteiger charge is 2.33. The van der Waals surface area contributed by atoms with Gasteiger partial charge in [0.2, 0.25) is 21.8 Å². The number of hydrogen-bond acceptors (Lipinski definition) is 4. The zero-order valence-electron chi connectivity index (χ0n) is 21.5. The van der Waals surface area contributed by atoms with Crippen LogP contribution in [0.25, 0.3) is 0 Å². The molecule has 7 nitrogen and oxygen atoms in total. The van der Waals surface area contributed by atoms with Gasteiger partial charge in [-0.15, -0.1) is 0 Å². The number of halogens is 2. The first-order valence-corrected chi connectivity index (χ1v) is 14.7. The van der Waals surface area contributed by atoms with Crippen molar-refractivity contribution in [2.45, 2.75) is 32.9 Å². The lowest BCUT2D eigenvalue weighted by atomic mass is 10.0. The Labute approximate surface area is 234 Å². The fourth-order valence-corrected chi connectivity index (χ4v) is 5.40. The number of nitrogens with zero attached hydrogens (tertiary/aromatic N) is 2. The molecule has 3 rings (SSSR count). The van der Waals surface area contributed by atoms with E-state index < -0.39 is 28.5 Å². The number of rotatable bonds is 11. The van der Waals surface area contributed by atoms with Gasteiger partial charge in [-0.25, -0.2) is 8.42 Å². The summed E-state index contributed by atoms with van der Waals surface area (Å²) < 4.78 is 26.8. The molecule has 2 amide bonds. The van der Waals surface area contributed by atoms with Crippen molar-refractivity contribution < 1.29 is 18.0 Å². The summed E-state index contributed by atoms with van der Waals surface area (Å²) in [6.07, 6.45) is 1.28. The number of amides is 2. The van der Waals surface area contributed by atoms with Crippen LogP contribution in [0.4, 0.5) is 5.69 Å². The molecule has 0 fully saturated rings. The largest absolute Gasteiger partial charge is 0.355 e. The zero-order valence-corrected chi connectivity index (χ0v) is 23.9. The first kappa shape index (κ1) is 29.5. The summed E-state index contributed by atoms with van der Waals surface area (Å²) in [7, 11) is -3.87. The van der Waals surface area contributed by atoms with E-state index in [1.54, 1.807) is 50.2 Å². The fraction of sp³-hybridized carbons (Fsp3) is 0.286. The molecule has 0 aliphatic carbocycles. The van der Waals surface area contributed by atoms with Crippen LogP contribution in [0.3, 0.4) is 0 Å². The minimum absolute atomic E-state index is 0.0557. The van der Waals surface area contributed by atoms with Crippen molar-refractivity contribution >= 4 is 50.7 Å². The van der Waals surface area contributed by atoms with E-state index in [-0.39, 0.29) is 18.9 Å². The number of carbonyl (C=O) groups excluding carboxylic acids is 2. The lowest BCUT2D eigenvalue weighted by Gasteiger charge is -2.33. The molecule has 3 aromatic carbocycles. The molecule has 0 aromatic heterocycles. The van der Waals surface area contributed by atoms with E-state index in [4.69, 9.17) is 23.2 Å². The molecule has 3 aromatic rings. The average Bonchev–Trinajstić information content (AvgIpc) is 2.86. The fourth-order valence-electron chi connectivity index (χ4n) is 4.12. The summed E-state index contributed by atoms with van der Waals surface area (Å²) in [6, 6.07) is 20.3. The highest BCUT2D eigenvalue weighted by Crippen LogP contribution is 2.27. The summed E-state index contributed by atoms with van der Waals surface area (Å²) in [5, 5.41) is 3.65. The minimum atomic E-state index is -3.87. The molecular weight excluding hydrogens is 545 g/mol. The van der Waals surface area contributed by atoms with E-state index in [0.29, 0.717) is 33.4 Å². The monoisotopic (exact) mass is 575 g/mol. The molecule has 0 radical (unpaired) electrons. The van der Waals surface area contributed by atoms with E-state index >= 15 is 0 Å². The van der Waals surface area contributed by atoms with Crippen LogP contribution < -0.4 is 9.62 Å². The summed E-state index contributed by atoms with van der Waals surface area (Å²) >= 11 is 12.4. The third kappa shape index (κ3) is 7.96. The van der Waals surface area contributed by atoms with E-state index in [9.17, 15) is 18.0 Å². The number of sulfonamides is 1. The molecule has 0 unspecified atom stereocenters. The maximum absolute atomic E-state index is 14.0. The van der Waals surface area contributed by atoms with E-state index in [1.165, 1.54) is 11.0 Å². The topological polar surface area (TPSA) is 86.8 Å². The maximum atomic E-state index is 14.0. The standard InChI is InChI=1S/C28H31Cl2N3O4S/c1-4-31-28(35)26(16-21-9-6-5-7-10-21)32(18-22-11-8-12-23(29)15-22)27(34)19-33(38(3,36)37)25-17-24(30)14-13-20(25)2/h5-15,17,26H,4,16,18-19H2,1-3H3,(H,31,35)/t26-/m1/s1. The third-order valence-electron chi connectivity index (χ3n) is 5.98. The van der Waals surface area contributed by atoms with Crippen LogP contribution in [-0.4, -0.2) is 50.5 Å². The average molecular weight is 577 g/mol. The van der Waals surface area contributed by atoms with Crippen LogP contribution in [0.15, 0.2) is 72.8 Å². The van der Waals surface area contributed by atoms with Crippen molar-refractivity contribution in [3.63, 3.8) is 0 Å². The molecule has 0 spiro atoms. The predicted molar refractivity (Wildman–Crippen MR) is 153 cm³/mol. The third-order valence-corrected chi connectivity index (χ3v) is 7.58. The molecular formula is C28H31Cl2N3O4S. The Bertz CT molecular complexity index is 1380. The van der Waals surface area contributed by atoms with Gasteiger partial charge in [-0.3, -0.25) is 13.9 Å². The second kappa shape index (κ2) is 13.1. The summed E-state index contributed by atoms with van der Waals surface area (Å²) in [5.74, 6) is -0.876. The van der Waals surface area contributed by atoms with Gasteiger partial charge in [0.15, 0.2) is 0 Å². The van der Waals surface area contributed by atoms with Gasteiger partial charge < -0.3 is 10.2 Å². The van der Waals surface area contributed by atoms with Crippen LogP contribution in [0.2, 0.25) is 10.0 Å². The van der Waals surface area contributed by atoms with Gasteiger partial charge in [-0.1, -0.05) is 71.7 Å². The molecule has 1 N–H and O–H groups in total. The van der Waals surface area contributed by atoms with Gasteiger partial charge in [0.1, 0.15) is 12.6 Å². The number of benzene rings is 3. The Balaban J connectivity index is 2.07. The molecule has 0 aliphatic rings. The van der Waals surface area contributed by atoms with Gasteiger partial charge in [0, 0.05) is 29.6 Å². The molecule has 0 bridgehead atoms. The number of carbonyl (C=O) groups is 2. The Morgan fingerprint density at radius 3 is 2.21 bits per heavy atom. The molecule has 10 heteroatoms. The van der Waals surface area contributed by atoms with E-state index in [0.717, 1.165) is 16.1 Å². The highest BCUT2D eigenvalue weighted by atomic mass is 35.5. The van der Waals surface area contributed by atoms with Crippen molar-refractivity contribution in [1.82, 2.24) is 10.2 Å².